The number of methoxy groups -OCH3 is 1. The van der Waals surface area contributed by atoms with Gasteiger partial charge in [-0.05, 0) is 116 Å². The van der Waals surface area contributed by atoms with E-state index in [1.165, 1.54) is 29.1 Å². The van der Waals surface area contributed by atoms with Crippen LogP contribution in [0.2, 0.25) is 5.02 Å². The lowest BCUT2D eigenvalue weighted by molar-refractivity contribution is -0.0333. The lowest BCUT2D eigenvalue weighted by Crippen LogP contribution is -2.55. The molecule has 4 heterocycles. The second-order valence-corrected chi connectivity index (χ2v) is 21.3. The van der Waals surface area contributed by atoms with E-state index in [4.69, 9.17) is 21.1 Å². The van der Waals surface area contributed by atoms with Crippen LogP contribution in [0.5, 0.6) is 11.6 Å². The smallest absolute Gasteiger partial charge is 0.286 e. The predicted molar refractivity (Wildman–Crippen MR) is 225 cm³/mol. The fraction of sp³-hybridized carbons (Fsp3) is 0.537. The molecule has 2 bridgehead atoms. The van der Waals surface area contributed by atoms with E-state index in [9.17, 15) is 18.9 Å². The first-order valence-corrected chi connectivity index (χ1v) is 23.7. The number of rotatable bonds is 4. The highest BCUT2D eigenvalue weighted by molar-refractivity contribution is 8.17. The number of carbonyl (C=O) groups excluding carboxylic acids is 2. The number of anilines is 1. The minimum absolute atomic E-state index is 0.00671. The first kappa shape index (κ1) is 39.6. The molecule has 2 amide bonds. The maximum absolute atomic E-state index is 14.8. The minimum Gasteiger partial charge on any atom is -0.490 e. The van der Waals surface area contributed by atoms with E-state index in [-0.39, 0.29) is 50.5 Å². The molecule has 3 aliphatic heterocycles. The molecule has 300 valence electrons. The Balaban J connectivity index is 1.23. The molecule has 2 aromatic carbocycles. The van der Waals surface area contributed by atoms with Crippen molar-refractivity contribution in [3.05, 3.63) is 82.0 Å². The predicted octanol–water partition coefficient (Wildman–Crippen LogP) is 7.06. The van der Waals surface area contributed by atoms with Crippen LogP contribution in [0.15, 0.2) is 59.1 Å². The first-order valence-electron chi connectivity index (χ1n) is 19.5. The Labute approximate surface area is 343 Å². The first-order chi connectivity index (χ1) is 26.9. The van der Waals surface area contributed by atoms with Gasteiger partial charge in [0.2, 0.25) is 5.88 Å². The molecule has 0 radical (unpaired) electrons. The van der Waals surface area contributed by atoms with Gasteiger partial charge in [0.15, 0.2) is 0 Å². The fourth-order valence-corrected chi connectivity index (χ4v) is 14.6. The van der Waals surface area contributed by atoms with Crippen LogP contribution in [-0.4, -0.2) is 85.2 Å². The number of ether oxygens (including phenoxy) is 2. The van der Waals surface area contributed by atoms with Crippen molar-refractivity contribution in [2.24, 2.45) is 29.2 Å². The third kappa shape index (κ3) is 7.72. The molecule has 56 heavy (non-hydrogen) atoms. The minimum atomic E-state index is -3.66. The Morgan fingerprint density at radius 2 is 1.98 bits per heavy atom. The van der Waals surface area contributed by atoms with Crippen molar-refractivity contribution < 1.29 is 28.4 Å². The summed E-state index contributed by atoms with van der Waals surface area (Å²) in [6, 6.07) is 11.5. The third-order valence-electron chi connectivity index (χ3n) is 12.1. The summed E-state index contributed by atoms with van der Waals surface area (Å²) in [7, 11) is -0.606. The van der Waals surface area contributed by atoms with Gasteiger partial charge in [0.05, 0.1) is 29.7 Å². The number of amides is 2. The number of benzene rings is 2. The quantitative estimate of drug-likeness (QED) is 0.263. The van der Waals surface area contributed by atoms with Gasteiger partial charge in [-0.15, -0.1) is 33.0 Å². The molecule has 6 atom stereocenters. The normalized spacial score (nSPS) is 31.5. The Kier molecular flexibility index (Phi) is 11.2. The maximum atomic E-state index is 14.8. The summed E-state index contributed by atoms with van der Waals surface area (Å²) >= 11 is 10.2. The van der Waals surface area contributed by atoms with E-state index in [0.717, 1.165) is 60.7 Å². The summed E-state index contributed by atoms with van der Waals surface area (Å²) in [5.41, 5.74) is 2.22. The van der Waals surface area contributed by atoms with Gasteiger partial charge in [-0.1, -0.05) is 36.7 Å². The Bertz CT molecular complexity index is 2170. The summed E-state index contributed by atoms with van der Waals surface area (Å²) in [6.07, 6.45) is 11.9. The number of aliphatic hydroxyl groups is 1. The zero-order valence-corrected chi connectivity index (χ0v) is 35.3. The second kappa shape index (κ2) is 15.9. The average Bonchev–Trinajstić information content (AvgIpc) is 3.48. The van der Waals surface area contributed by atoms with Gasteiger partial charge in [0.1, 0.15) is 26.8 Å². The Morgan fingerprint density at radius 3 is 2.75 bits per heavy atom. The topological polar surface area (TPSA) is 135 Å². The third-order valence-corrected chi connectivity index (χ3v) is 17.6. The molecule has 2 unspecified atom stereocenters. The molecule has 5 aliphatic rings. The number of hydrogen-bond acceptors (Lipinski definition) is 10. The van der Waals surface area contributed by atoms with Gasteiger partial charge in [-0.25, -0.2) is 4.21 Å². The van der Waals surface area contributed by atoms with E-state index in [0.29, 0.717) is 31.9 Å². The Morgan fingerprint density at radius 1 is 1.16 bits per heavy atom. The monoisotopic (exact) mass is 839 g/mol. The van der Waals surface area contributed by atoms with Crippen molar-refractivity contribution >= 4 is 62.5 Å². The number of nitrogens with one attached hydrogen (secondary N) is 1. The number of nitrogens with zero attached hydrogens (tertiary/aromatic N) is 4. The van der Waals surface area contributed by atoms with Crippen LogP contribution >= 0.6 is 35.1 Å². The number of halogens is 1. The van der Waals surface area contributed by atoms with Crippen molar-refractivity contribution in [1.82, 2.24) is 14.5 Å². The van der Waals surface area contributed by atoms with Crippen LogP contribution in [0.25, 0.3) is 0 Å². The second-order valence-electron chi connectivity index (χ2n) is 16.1. The van der Waals surface area contributed by atoms with Crippen LogP contribution in [0.1, 0.15) is 77.3 Å². The highest BCUT2D eigenvalue weighted by atomic mass is 35.5. The van der Waals surface area contributed by atoms with Gasteiger partial charge < -0.3 is 19.5 Å². The summed E-state index contributed by atoms with van der Waals surface area (Å²) in [5.74, 6) is 1.25. The van der Waals surface area contributed by atoms with E-state index in [1.54, 1.807) is 19.2 Å². The molecular formula is C41H50ClN5O6S3. The number of aromatic nitrogens is 2. The highest BCUT2D eigenvalue weighted by Gasteiger charge is 2.52. The van der Waals surface area contributed by atoms with Gasteiger partial charge in [0, 0.05) is 42.3 Å². The van der Waals surface area contributed by atoms with E-state index in [2.05, 4.69) is 31.2 Å². The van der Waals surface area contributed by atoms with Gasteiger partial charge in [-0.2, -0.15) is 0 Å². The van der Waals surface area contributed by atoms with Crippen LogP contribution in [0.4, 0.5) is 5.69 Å². The molecule has 1 spiro atoms. The molecule has 8 rings (SSSR count). The highest BCUT2D eigenvalue weighted by Crippen LogP contribution is 2.53. The van der Waals surface area contributed by atoms with Gasteiger partial charge in [0.25, 0.3) is 11.8 Å². The summed E-state index contributed by atoms with van der Waals surface area (Å²) in [4.78, 5) is 30.2. The summed E-state index contributed by atoms with van der Waals surface area (Å²) < 4.78 is 35.1. The lowest BCUT2D eigenvalue weighted by Gasteiger charge is -2.51. The zero-order chi connectivity index (χ0) is 39.2. The number of aryl methyl sites for hydroxylation is 2. The maximum Gasteiger partial charge on any atom is 0.286 e. The van der Waals surface area contributed by atoms with Crippen molar-refractivity contribution in [3.8, 4) is 11.6 Å². The van der Waals surface area contributed by atoms with Crippen molar-refractivity contribution in [1.29, 1.82) is 0 Å². The van der Waals surface area contributed by atoms with Gasteiger partial charge >= 0.3 is 0 Å². The summed E-state index contributed by atoms with van der Waals surface area (Å²) in [6.45, 7) is 3.72. The van der Waals surface area contributed by atoms with Crippen LogP contribution in [-0.2, 0) is 28.8 Å². The molecular weight excluding hydrogens is 790 g/mol. The van der Waals surface area contributed by atoms with E-state index >= 15 is 0 Å². The molecule has 1 saturated heterocycles. The van der Waals surface area contributed by atoms with Gasteiger partial charge in [-0.3, -0.25) is 19.0 Å². The zero-order valence-electron chi connectivity index (χ0n) is 32.1. The molecule has 2 aliphatic carbocycles. The Hall–Kier alpha value is -3.17. The molecule has 15 heteroatoms. The standard InChI is InChI=1S/C41H50ClN5O6S3/c1-26-7-4-16-41(50,39-54-17-6-18-55-39)33-12-9-29(33)21-47-24-40(15-5-8-27-19-30(42)11-13-32(27)40)25-53-35-14-10-28(20-34(35)47)36(48)44-56(51,23-26)45-37(49)31-22-46(2)43-38(31)52-3/h4,10-11,13-14,16,19-20,22,26,29,33,39,50H,5-9,12,15,17-18,21,23-25H2,1-3H3,(H,44,45,48,49,51)/b16-4+/t26-,29-,33+,40-,41?,56?/m0/s1. The fourth-order valence-electron chi connectivity index (χ4n) is 9.26. The number of hydrogen-bond donors (Lipinski definition) is 2. The van der Waals surface area contributed by atoms with E-state index in [1.807, 2.05) is 54.7 Å². The van der Waals surface area contributed by atoms with Crippen LogP contribution in [0, 0.1) is 17.8 Å². The molecule has 2 N–H and O–H groups in total. The largest absolute Gasteiger partial charge is 0.490 e. The van der Waals surface area contributed by atoms with Crippen molar-refractivity contribution in [2.45, 2.75) is 67.5 Å². The van der Waals surface area contributed by atoms with Crippen molar-refractivity contribution in [3.63, 3.8) is 0 Å². The molecule has 2 fully saturated rings. The number of allylic oxidation sites excluding steroid dienone is 1. The van der Waals surface area contributed by atoms with Crippen molar-refractivity contribution in [2.75, 3.05) is 49.0 Å². The van der Waals surface area contributed by atoms with Crippen LogP contribution in [0.3, 0.4) is 0 Å². The van der Waals surface area contributed by atoms with Crippen LogP contribution < -0.4 is 19.1 Å². The summed E-state index contributed by atoms with van der Waals surface area (Å²) in [5, 5.41) is 17.7. The molecule has 11 nitrogen and oxygen atoms in total. The molecule has 3 aromatic rings. The van der Waals surface area contributed by atoms with E-state index < -0.39 is 27.3 Å². The molecule has 1 saturated carbocycles. The SMILES string of the molecule is COc1nn(C)cc1C(=O)NS1(=O)=NC(=O)c2ccc3c(c2)N(C[C@@H]2CC[C@H]2C(O)(C2SCCCS2)/C=C/C[C@H](C)C1)C[C@@]1(CCCc2cc(Cl)ccc21)CO3. The number of carbonyl (C=O) groups is 2. The molecule has 1 aromatic heterocycles. The number of fused-ring (bicyclic) bond motifs is 4. The number of thioether (sulfide) groups is 2. The average molecular weight is 841 g/mol. The lowest BCUT2D eigenvalue weighted by atomic mass is 9.64.